The Labute approximate surface area is 171 Å². The van der Waals surface area contributed by atoms with E-state index in [0.29, 0.717) is 17.1 Å². The Balaban J connectivity index is 1.82. The summed E-state index contributed by atoms with van der Waals surface area (Å²) >= 11 is 6.00. The fraction of sp³-hybridized carbons (Fsp3) is 0.238. The van der Waals surface area contributed by atoms with Crippen molar-refractivity contribution in [3.05, 3.63) is 63.9 Å². The van der Waals surface area contributed by atoms with Gasteiger partial charge in [0.1, 0.15) is 18.0 Å². The van der Waals surface area contributed by atoms with Crippen LogP contribution in [0.25, 0.3) is 6.08 Å². The molecule has 0 bridgehead atoms. The zero-order valence-corrected chi connectivity index (χ0v) is 16.7. The van der Waals surface area contributed by atoms with E-state index in [0.717, 1.165) is 0 Å². The average molecular weight is 421 g/mol. The molecule has 0 amide bonds. The molecule has 0 atom stereocenters. The van der Waals surface area contributed by atoms with Gasteiger partial charge in [0, 0.05) is 19.4 Å². The van der Waals surface area contributed by atoms with Gasteiger partial charge in [-0.2, -0.15) is 0 Å². The van der Waals surface area contributed by atoms with E-state index in [2.05, 4.69) is 0 Å². The van der Waals surface area contributed by atoms with Crippen LogP contribution in [-0.2, 0) is 25.7 Å². The van der Waals surface area contributed by atoms with Crippen molar-refractivity contribution < 1.29 is 32.9 Å². The number of hydrogen-bond acceptors (Lipinski definition) is 6. The van der Waals surface area contributed by atoms with Crippen molar-refractivity contribution >= 4 is 29.6 Å². The molecular formula is C21H18ClFO6. The molecule has 2 aromatic rings. The fourth-order valence-corrected chi connectivity index (χ4v) is 2.88. The van der Waals surface area contributed by atoms with Gasteiger partial charge >= 0.3 is 11.9 Å². The van der Waals surface area contributed by atoms with Gasteiger partial charge in [-0.3, -0.25) is 0 Å². The summed E-state index contributed by atoms with van der Waals surface area (Å²) in [4.78, 5) is 24.1. The van der Waals surface area contributed by atoms with Crippen LogP contribution in [0.2, 0.25) is 5.02 Å². The van der Waals surface area contributed by atoms with E-state index in [1.807, 2.05) is 0 Å². The lowest BCUT2D eigenvalue weighted by molar-refractivity contribution is -0.222. The molecule has 2 aromatic carbocycles. The lowest BCUT2D eigenvalue weighted by atomic mass is 10.1. The Morgan fingerprint density at radius 1 is 1.10 bits per heavy atom. The van der Waals surface area contributed by atoms with Crippen LogP contribution in [-0.4, -0.2) is 24.8 Å². The first-order valence-corrected chi connectivity index (χ1v) is 9.00. The number of ether oxygens (including phenoxy) is 4. The second kappa shape index (κ2) is 8.13. The highest BCUT2D eigenvalue weighted by Crippen LogP contribution is 2.32. The summed E-state index contributed by atoms with van der Waals surface area (Å²) in [6.07, 6.45) is 1.33. The Kier molecular flexibility index (Phi) is 5.79. The number of carbonyl (C=O) groups is 2. The number of esters is 2. The van der Waals surface area contributed by atoms with Crippen LogP contribution in [0.4, 0.5) is 4.39 Å². The predicted octanol–water partition coefficient (Wildman–Crippen LogP) is 4.29. The average Bonchev–Trinajstić information content (AvgIpc) is 2.64. The SMILES string of the molecule is COc1cc(C=C2C(=O)OC(C)(C)OC2=O)ccc1OCc1c(F)cccc1Cl. The maximum absolute atomic E-state index is 13.9. The minimum atomic E-state index is -1.31. The van der Waals surface area contributed by atoms with Crippen LogP contribution in [0.5, 0.6) is 11.5 Å². The van der Waals surface area contributed by atoms with Gasteiger partial charge in [-0.15, -0.1) is 0 Å². The highest BCUT2D eigenvalue weighted by molar-refractivity contribution is 6.31. The smallest absolute Gasteiger partial charge is 0.348 e. The number of carbonyl (C=O) groups excluding carboxylic acids is 2. The van der Waals surface area contributed by atoms with Crippen molar-refractivity contribution in [1.82, 2.24) is 0 Å². The zero-order valence-electron chi connectivity index (χ0n) is 16.0. The summed E-state index contributed by atoms with van der Waals surface area (Å²) < 4.78 is 35.0. The molecule has 3 rings (SSSR count). The van der Waals surface area contributed by atoms with E-state index in [9.17, 15) is 14.0 Å². The van der Waals surface area contributed by atoms with Gasteiger partial charge in [0.15, 0.2) is 11.5 Å². The van der Waals surface area contributed by atoms with Crippen LogP contribution >= 0.6 is 11.6 Å². The molecule has 0 radical (unpaired) electrons. The number of rotatable bonds is 5. The third kappa shape index (κ3) is 4.68. The Bertz CT molecular complexity index is 956. The molecule has 1 heterocycles. The van der Waals surface area contributed by atoms with Gasteiger partial charge in [-0.05, 0) is 35.9 Å². The molecule has 0 spiro atoms. The van der Waals surface area contributed by atoms with Crippen LogP contribution in [0, 0.1) is 5.82 Å². The number of methoxy groups -OCH3 is 1. The van der Waals surface area contributed by atoms with Crippen molar-refractivity contribution in [1.29, 1.82) is 0 Å². The lowest BCUT2D eigenvalue weighted by Gasteiger charge is -2.29. The topological polar surface area (TPSA) is 71.1 Å². The third-order valence-electron chi connectivity index (χ3n) is 4.05. The molecule has 0 aliphatic carbocycles. The summed E-state index contributed by atoms with van der Waals surface area (Å²) in [7, 11) is 1.43. The number of halogens is 2. The molecule has 1 aliphatic rings. The summed E-state index contributed by atoms with van der Waals surface area (Å²) in [6, 6.07) is 9.11. The molecule has 1 aliphatic heterocycles. The normalized spacial score (nSPS) is 15.4. The van der Waals surface area contributed by atoms with Crippen LogP contribution in [0.1, 0.15) is 25.0 Å². The monoisotopic (exact) mass is 420 g/mol. The molecule has 1 fully saturated rings. The summed E-state index contributed by atoms with van der Waals surface area (Å²) in [5.74, 6) is -2.68. The predicted molar refractivity (Wildman–Crippen MR) is 103 cm³/mol. The molecule has 0 unspecified atom stereocenters. The van der Waals surface area contributed by atoms with Crippen molar-refractivity contribution in [2.75, 3.05) is 7.11 Å². The molecule has 152 valence electrons. The molecule has 6 nitrogen and oxygen atoms in total. The summed E-state index contributed by atoms with van der Waals surface area (Å²) in [5.41, 5.74) is 0.470. The van der Waals surface area contributed by atoms with E-state index in [-0.39, 0.29) is 22.8 Å². The van der Waals surface area contributed by atoms with Crippen LogP contribution in [0.15, 0.2) is 42.0 Å². The summed E-state index contributed by atoms with van der Waals surface area (Å²) in [5, 5.41) is 0.252. The number of benzene rings is 2. The third-order valence-corrected chi connectivity index (χ3v) is 4.40. The molecule has 29 heavy (non-hydrogen) atoms. The van der Waals surface area contributed by atoms with Crippen LogP contribution < -0.4 is 9.47 Å². The van der Waals surface area contributed by atoms with E-state index in [4.69, 9.17) is 30.5 Å². The standard InChI is InChI=1S/C21H18ClFO6/c1-21(2)28-19(24)13(20(25)29-21)9-12-7-8-17(18(10-12)26-3)27-11-14-15(22)5-4-6-16(14)23/h4-10H,11H2,1-3H3. The second-order valence-electron chi connectivity index (χ2n) is 6.64. The summed E-state index contributed by atoms with van der Waals surface area (Å²) in [6.45, 7) is 2.84. The zero-order chi connectivity index (χ0) is 21.2. The Morgan fingerprint density at radius 3 is 2.41 bits per heavy atom. The maximum Gasteiger partial charge on any atom is 0.348 e. The molecule has 0 aromatic heterocycles. The highest BCUT2D eigenvalue weighted by atomic mass is 35.5. The van der Waals surface area contributed by atoms with E-state index >= 15 is 0 Å². The highest BCUT2D eigenvalue weighted by Gasteiger charge is 2.38. The van der Waals surface area contributed by atoms with Crippen molar-refractivity contribution in [2.45, 2.75) is 26.2 Å². The van der Waals surface area contributed by atoms with Gasteiger partial charge in [0.2, 0.25) is 0 Å². The van der Waals surface area contributed by atoms with Gasteiger partial charge in [0.25, 0.3) is 5.79 Å². The second-order valence-corrected chi connectivity index (χ2v) is 7.04. The van der Waals surface area contributed by atoms with Crippen LogP contribution in [0.3, 0.4) is 0 Å². The van der Waals surface area contributed by atoms with E-state index in [1.165, 1.54) is 39.2 Å². The molecule has 0 N–H and O–H groups in total. The van der Waals surface area contributed by atoms with Crippen molar-refractivity contribution in [3.63, 3.8) is 0 Å². The van der Waals surface area contributed by atoms with Gasteiger partial charge in [-0.25, -0.2) is 14.0 Å². The minimum absolute atomic E-state index is 0.101. The molecule has 0 saturated carbocycles. The van der Waals surface area contributed by atoms with Crippen molar-refractivity contribution in [2.24, 2.45) is 0 Å². The minimum Gasteiger partial charge on any atom is -0.493 e. The number of hydrogen-bond donors (Lipinski definition) is 0. The van der Waals surface area contributed by atoms with Gasteiger partial charge in [0.05, 0.1) is 12.1 Å². The van der Waals surface area contributed by atoms with E-state index < -0.39 is 23.5 Å². The first kappa shape index (κ1) is 20.7. The van der Waals surface area contributed by atoms with Gasteiger partial charge < -0.3 is 18.9 Å². The maximum atomic E-state index is 13.9. The quantitative estimate of drug-likeness (QED) is 0.408. The van der Waals surface area contributed by atoms with Gasteiger partial charge in [-0.1, -0.05) is 23.7 Å². The Morgan fingerprint density at radius 2 is 1.79 bits per heavy atom. The van der Waals surface area contributed by atoms with Crippen molar-refractivity contribution in [3.8, 4) is 11.5 Å². The molecule has 1 saturated heterocycles. The Hall–Kier alpha value is -3.06. The lowest BCUT2D eigenvalue weighted by Crippen LogP contribution is -2.41. The number of cyclic esters (lactones) is 2. The first-order chi connectivity index (χ1) is 13.7. The largest absolute Gasteiger partial charge is 0.493 e. The fourth-order valence-electron chi connectivity index (χ4n) is 2.66. The molecular weight excluding hydrogens is 403 g/mol. The molecule has 8 heteroatoms. The first-order valence-electron chi connectivity index (χ1n) is 8.62. The van der Waals surface area contributed by atoms with E-state index in [1.54, 1.807) is 24.3 Å².